The summed E-state index contributed by atoms with van der Waals surface area (Å²) in [5, 5.41) is 3.32. The quantitative estimate of drug-likeness (QED) is 0.803. The van der Waals surface area contributed by atoms with Crippen molar-refractivity contribution in [2.24, 2.45) is 5.92 Å². The molecule has 1 atom stereocenters. The van der Waals surface area contributed by atoms with Crippen LogP contribution in [0.3, 0.4) is 0 Å². The van der Waals surface area contributed by atoms with E-state index in [1.54, 1.807) is 19.2 Å². The van der Waals surface area contributed by atoms with E-state index in [2.05, 4.69) is 33.0 Å². The lowest BCUT2D eigenvalue weighted by Crippen LogP contribution is -2.31. The molecule has 0 bridgehead atoms. The van der Waals surface area contributed by atoms with Crippen LogP contribution in [0.2, 0.25) is 0 Å². The largest absolute Gasteiger partial charge is 0.310 e. The lowest BCUT2D eigenvalue weighted by molar-refractivity contribution is 0.393. The second-order valence-electron chi connectivity index (χ2n) is 5.98. The van der Waals surface area contributed by atoms with E-state index in [-0.39, 0.29) is 0 Å². The van der Waals surface area contributed by atoms with Crippen LogP contribution >= 0.6 is 0 Å². The first kappa shape index (κ1) is 18.1. The molecule has 1 rings (SSSR count). The summed E-state index contributed by atoms with van der Waals surface area (Å²) < 4.78 is 26.4. The lowest BCUT2D eigenvalue weighted by Gasteiger charge is -2.20. The first-order chi connectivity index (χ1) is 9.77. The summed E-state index contributed by atoms with van der Waals surface area (Å²) in [6.07, 6.45) is 0.972. The Bertz CT molecular complexity index is 524. The van der Waals surface area contributed by atoms with Crippen molar-refractivity contribution in [3.63, 3.8) is 0 Å². The second kappa shape index (κ2) is 7.92. The lowest BCUT2D eigenvalue weighted by atomic mass is 10.1. The number of benzene rings is 1. The minimum atomic E-state index is -3.38. The van der Waals surface area contributed by atoms with Crippen molar-refractivity contribution in [2.75, 3.05) is 13.6 Å². The van der Waals surface area contributed by atoms with Crippen LogP contribution in [0, 0.1) is 5.92 Å². The summed E-state index contributed by atoms with van der Waals surface area (Å²) >= 11 is 0. The zero-order chi connectivity index (χ0) is 16.0. The molecule has 1 unspecified atom stereocenters. The molecule has 21 heavy (non-hydrogen) atoms. The normalized spacial score (nSPS) is 13.9. The third-order valence-electron chi connectivity index (χ3n) is 3.61. The highest BCUT2D eigenvalue weighted by atomic mass is 32.2. The summed E-state index contributed by atoms with van der Waals surface area (Å²) in [4.78, 5) is 0.363. The molecule has 120 valence electrons. The van der Waals surface area contributed by atoms with Crippen LogP contribution < -0.4 is 5.32 Å². The molecule has 0 amide bonds. The van der Waals surface area contributed by atoms with Crippen LogP contribution in [0.25, 0.3) is 0 Å². The summed E-state index contributed by atoms with van der Waals surface area (Å²) in [5.74, 6) is 0.360. The fourth-order valence-corrected chi connectivity index (χ4v) is 3.24. The van der Waals surface area contributed by atoms with Crippen LogP contribution in [0.5, 0.6) is 0 Å². The van der Waals surface area contributed by atoms with Gasteiger partial charge in [-0.15, -0.1) is 0 Å². The minimum absolute atomic E-state index is 0.360. The second-order valence-corrected chi connectivity index (χ2v) is 8.02. The predicted octanol–water partition coefficient (Wildman–Crippen LogP) is 2.85. The summed E-state index contributed by atoms with van der Waals surface area (Å²) in [5.41, 5.74) is 1.09. The first-order valence-electron chi connectivity index (χ1n) is 7.56. The van der Waals surface area contributed by atoms with Crippen LogP contribution in [-0.2, 0) is 16.6 Å². The van der Waals surface area contributed by atoms with Gasteiger partial charge in [-0.3, -0.25) is 0 Å². The molecule has 0 radical (unpaired) electrons. The molecule has 1 aromatic rings. The van der Waals surface area contributed by atoms with E-state index < -0.39 is 10.0 Å². The molecule has 0 spiro atoms. The predicted molar refractivity (Wildman–Crippen MR) is 87.7 cm³/mol. The van der Waals surface area contributed by atoms with Crippen molar-refractivity contribution >= 4 is 10.0 Å². The molecule has 1 aromatic carbocycles. The molecule has 5 heteroatoms. The van der Waals surface area contributed by atoms with Gasteiger partial charge in [-0.25, -0.2) is 12.7 Å². The Morgan fingerprint density at radius 1 is 1.14 bits per heavy atom. The number of hydrogen-bond donors (Lipinski definition) is 1. The van der Waals surface area contributed by atoms with E-state index in [9.17, 15) is 8.42 Å². The number of rotatable bonds is 8. The average Bonchev–Trinajstić information content (AvgIpc) is 2.45. The van der Waals surface area contributed by atoms with Crippen molar-refractivity contribution in [3.8, 4) is 0 Å². The maximum absolute atomic E-state index is 12.5. The van der Waals surface area contributed by atoms with E-state index in [4.69, 9.17) is 0 Å². The van der Waals surface area contributed by atoms with Gasteiger partial charge in [0.1, 0.15) is 0 Å². The van der Waals surface area contributed by atoms with Gasteiger partial charge in [-0.1, -0.05) is 46.2 Å². The third kappa shape index (κ3) is 5.41. The van der Waals surface area contributed by atoms with Gasteiger partial charge in [0, 0.05) is 26.2 Å². The molecule has 0 aliphatic rings. The van der Waals surface area contributed by atoms with Crippen LogP contribution in [0.4, 0.5) is 0 Å². The molecule has 0 fully saturated rings. The molecule has 0 aliphatic carbocycles. The molecular formula is C16H28N2O2S. The molecule has 0 heterocycles. The third-order valence-corrected chi connectivity index (χ3v) is 5.45. The zero-order valence-corrected chi connectivity index (χ0v) is 14.6. The van der Waals surface area contributed by atoms with Gasteiger partial charge >= 0.3 is 0 Å². The highest BCUT2D eigenvalue weighted by Gasteiger charge is 2.21. The average molecular weight is 312 g/mol. The fourth-order valence-electron chi connectivity index (χ4n) is 1.95. The maximum Gasteiger partial charge on any atom is 0.242 e. The number of nitrogens with one attached hydrogen (secondary N) is 1. The van der Waals surface area contributed by atoms with Crippen LogP contribution in [0.15, 0.2) is 29.2 Å². The van der Waals surface area contributed by atoms with Crippen molar-refractivity contribution in [3.05, 3.63) is 29.8 Å². The van der Waals surface area contributed by atoms with Crippen molar-refractivity contribution in [2.45, 2.75) is 51.6 Å². The van der Waals surface area contributed by atoms with Crippen molar-refractivity contribution in [1.82, 2.24) is 9.62 Å². The van der Waals surface area contributed by atoms with Crippen LogP contribution in [-0.4, -0.2) is 32.4 Å². The Labute approximate surface area is 129 Å². The number of nitrogens with zero attached hydrogens (tertiary/aromatic N) is 1. The fraction of sp³-hybridized carbons (Fsp3) is 0.625. The van der Waals surface area contributed by atoms with Crippen molar-refractivity contribution < 1.29 is 8.42 Å². The summed E-state index contributed by atoms with van der Waals surface area (Å²) in [7, 11) is -1.73. The van der Waals surface area contributed by atoms with E-state index in [1.807, 2.05) is 12.1 Å². The van der Waals surface area contributed by atoms with E-state index in [0.29, 0.717) is 23.4 Å². The topological polar surface area (TPSA) is 49.4 Å². The molecule has 0 saturated heterocycles. The molecule has 0 saturated carbocycles. The van der Waals surface area contributed by atoms with Crippen LogP contribution in [0.1, 0.15) is 39.7 Å². The highest BCUT2D eigenvalue weighted by molar-refractivity contribution is 7.89. The van der Waals surface area contributed by atoms with Crippen molar-refractivity contribution in [1.29, 1.82) is 0 Å². The number of hydrogen-bond acceptors (Lipinski definition) is 3. The Balaban J connectivity index is 2.79. The van der Waals surface area contributed by atoms with E-state index >= 15 is 0 Å². The summed E-state index contributed by atoms with van der Waals surface area (Å²) in [6.45, 7) is 9.61. The minimum Gasteiger partial charge on any atom is -0.310 e. The maximum atomic E-state index is 12.5. The van der Waals surface area contributed by atoms with Gasteiger partial charge in [0.2, 0.25) is 10.0 Å². The Morgan fingerprint density at radius 3 is 2.19 bits per heavy atom. The first-order valence-corrected chi connectivity index (χ1v) is 9.00. The smallest absolute Gasteiger partial charge is 0.242 e. The molecule has 0 aromatic heterocycles. The van der Waals surface area contributed by atoms with Gasteiger partial charge in [0.05, 0.1) is 4.90 Å². The van der Waals surface area contributed by atoms with E-state index in [1.165, 1.54) is 4.31 Å². The Kier molecular flexibility index (Phi) is 6.84. The molecular weight excluding hydrogens is 284 g/mol. The molecule has 1 N–H and O–H groups in total. The zero-order valence-electron chi connectivity index (χ0n) is 13.8. The van der Waals surface area contributed by atoms with E-state index in [0.717, 1.165) is 18.5 Å². The monoisotopic (exact) mass is 312 g/mol. The molecule has 4 nitrogen and oxygen atoms in total. The van der Waals surface area contributed by atoms with Gasteiger partial charge < -0.3 is 5.32 Å². The highest BCUT2D eigenvalue weighted by Crippen LogP contribution is 2.17. The Morgan fingerprint density at radius 2 is 1.71 bits per heavy atom. The molecule has 0 aliphatic heterocycles. The van der Waals surface area contributed by atoms with Gasteiger partial charge in [0.15, 0.2) is 0 Å². The Hall–Kier alpha value is -0.910. The summed E-state index contributed by atoms with van der Waals surface area (Å²) in [6, 6.07) is 7.55. The number of sulfonamides is 1. The van der Waals surface area contributed by atoms with Gasteiger partial charge in [0.25, 0.3) is 0 Å². The standard InChI is InChI=1S/C16H28N2O2S/c1-6-14(4)12-18(5)21(19,20)16-9-7-15(8-10-16)11-17-13(2)3/h7-10,13-14,17H,6,11-12H2,1-5H3. The van der Waals surface area contributed by atoms with Gasteiger partial charge in [-0.2, -0.15) is 0 Å². The SMILES string of the molecule is CCC(C)CN(C)S(=O)(=O)c1ccc(CNC(C)C)cc1. The van der Waals surface area contributed by atoms with Gasteiger partial charge in [-0.05, 0) is 23.6 Å².